The van der Waals surface area contributed by atoms with Gasteiger partial charge in [0.05, 0.1) is 34.2 Å². The highest BCUT2D eigenvalue weighted by atomic mass is 32.2. The summed E-state index contributed by atoms with van der Waals surface area (Å²) in [6.07, 6.45) is 9.07. The van der Waals surface area contributed by atoms with E-state index in [9.17, 15) is 18.5 Å². The number of carboxylic acids is 1. The lowest BCUT2D eigenvalue weighted by molar-refractivity contribution is 0.0698. The average Bonchev–Trinajstić information content (AvgIpc) is 3.78. The molecule has 38 heavy (non-hydrogen) atoms. The van der Waals surface area contributed by atoms with Gasteiger partial charge in [0, 0.05) is 24.5 Å². The monoisotopic (exact) mass is 540 g/mol. The van der Waals surface area contributed by atoms with Gasteiger partial charge in [-0.3, -0.25) is 4.98 Å². The highest BCUT2D eigenvalue weighted by Gasteiger charge is 2.54. The van der Waals surface area contributed by atoms with Gasteiger partial charge in [-0.25, -0.2) is 27.6 Å². The van der Waals surface area contributed by atoms with Gasteiger partial charge in [0.1, 0.15) is 17.2 Å². The third kappa shape index (κ3) is 4.82. The molecular formula is C27H33FN6O3S. The third-order valence-electron chi connectivity index (χ3n) is 8.02. The van der Waals surface area contributed by atoms with Crippen LogP contribution in [-0.2, 0) is 17.4 Å². The molecule has 3 aromatic heterocycles. The third-order valence-corrected chi connectivity index (χ3v) is 9.64. The first kappa shape index (κ1) is 25.4. The number of hydrogen-bond donors (Lipinski definition) is 2. The Balaban J connectivity index is 1.29. The molecule has 4 heterocycles. The van der Waals surface area contributed by atoms with Crippen LogP contribution < -0.4 is 9.62 Å². The molecular weight excluding hydrogens is 507 g/mol. The number of piperidine rings is 1. The number of carbonyl (C=O) groups is 1. The summed E-state index contributed by atoms with van der Waals surface area (Å²) in [6.45, 7) is 6.68. The van der Waals surface area contributed by atoms with Crippen molar-refractivity contribution < 1.29 is 18.5 Å². The predicted molar refractivity (Wildman–Crippen MR) is 142 cm³/mol. The van der Waals surface area contributed by atoms with Crippen molar-refractivity contribution in [2.24, 2.45) is 17.8 Å². The lowest BCUT2D eigenvalue weighted by atomic mass is 9.96. The number of aromatic nitrogens is 4. The first-order chi connectivity index (χ1) is 18.1. The molecule has 2 N–H and O–H groups in total. The maximum atomic E-state index is 14.6. The number of rotatable bonds is 9. The molecule has 3 aliphatic rings. The van der Waals surface area contributed by atoms with E-state index in [0.29, 0.717) is 30.0 Å². The Hall–Kier alpha value is -2.92. The maximum Gasteiger partial charge on any atom is 0.341 e. The topological polar surface area (TPSA) is 113 Å². The van der Waals surface area contributed by atoms with E-state index >= 15 is 0 Å². The number of carboxylic acid groups (broad SMARTS) is 1. The van der Waals surface area contributed by atoms with E-state index in [-0.39, 0.29) is 33.9 Å². The van der Waals surface area contributed by atoms with Crippen molar-refractivity contribution in [1.82, 2.24) is 24.3 Å². The summed E-state index contributed by atoms with van der Waals surface area (Å²) in [7, 11) is -1.16. The van der Waals surface area contributed by atoms with Crippen LogP contribution in [0.5, 0.6) is 0 Å². The number of nitrogens with one attached hydrogen (secondary N) is 1. The first-order valence-corrected chi connectivity index (χ1v) is 14.4. The van der Waals surface area contributed by atoms with E-state index in [0.717, 1.165) is 43.5 Å². The van der Waals surface area contributed by atoms with Gasteiger partial charge in [0.25, 0.3) is 0 Å². The van der Waals surface area contributed by atoms with Crippen LogP contribution >= 0.6 is 0 Å². The lowest BCUT2D eigenvalue weighted by Crippen LogP contribution is -2.41. The Kier molecular flexibility index (Phi) is 6.26. The molecule has 11 heteroatoms. The highest BCUT2D eigenvalue weighted by Crippen LogP contribution is 2.57. The summed E-state index contributed by atoms with van der Waals surface area (Å²) in [5.41, 5.74) is 2.07. The van der Waals surface area contributed by atoms with Crippen LogP contribution in [0.1, 0.15) is 74.1 Å². The fourth-order valence-electron chi connectivity index (χ4n) is 5.71. The summed E-state index contributed by atoms with van der Waals surface area (Å²) in [4.78, 5) is 23.0. The summed E-state index contributed by atoms with van der Waals surface area (Å²) in [5, 5.41) is 13.6. The van der Waals surface area contributed by atoms with Crippen molar-refractivity contribution in [2.45, 2.75) is 69.7 Å². The molecule has 9 nitrogen and oxygen atoms in total. The van der Waals surface area contributed by atoms with E-state index < -0.39 is 17.0 Å². The fourth-order valence-corrected chi connectivity index (χ4v) is 6.65. The molecule has 3 unspecified atom stereocenters. The largest absolute Gasteiger partial charge is 0.477 e. The normalized spacial score (nSPS) is 24.4. The minimum Gasteiger partial charge on any atom is -0.477 e. The van der Waals surface area contributed by atoms with E-state index in [1.54, 1.807) is 12.3 Å². The van der Waals surface area contributed by atoms with E-state index in [2.05, 4.69) is 24.7 Å². The van der Waals surface area contributed by atoms with Gasteiger partial charge >= 0.3 is 5.97 Å². The second kappa shape index (κ2) is 9.37. The number of hydrogen-bond acceptors (Lipinski definition) is 6. The molecule has 5 atom stereocenters. The minimum absolute atomic E-state index is 0.0483. The zero-order valence-electron chi connectivity index (χ0n) is 21.8. The lowest BCUT2D eigenvalue weighted by Gasteiger charge is -2.30. The molecule has 3 fully saturated rings. The zero-order chi connectivity index (χ0) is 26.8. The van der Waals surface area contributed by atoms with Crippen molar-refractivity contribution in [3.8, 4) is 0 Å². The molecule has 2 aliphatic carbocycles. The predicted octanol–water partition coefficient (Wildman–Crippen LogP) is 3.92. The summed E-state index contributed by atoms with van der Waals surface area (Å²) < 4.78 is 31.9. The van der Waals surface area contributed by atoms with Crippen LogP contribution in [0.25, 0.3) is 5.65 Å². The number of fused-ring (bicyclic) bond motifs is 2. The number of aryl methyl sites for hydroxylation is 1. The Morgan fingerprint density at radius 1 is 1.32 bits per heavy atom. The second-order valence-corrected chi connectivity index (χ2v) is 13.8. The Morgan fingerprint density at radius 3 is 2.82 bits per heavy atom. The van der Waals surface area contributed by atoms with E-state index in [1.807, 2.05) is 26.8 Å². The number of nitrogens with zero attached hydrogens (tertiary/aromatic N) is 5. The molecule has 2 saturated carbocycles. The van der Waals surface area contributed by atoms with Gasteiger partial charge in [0.2, 0.25) is 0 Å². The van der Waals surface area contributed by atoms with Crippen LogP contribution in [0.2, 0.25) is 0 Å². The SMILES string of the molecule is CC(C)(C)[S@@](=O)N[C@@H](CCc1ncc(F)cc1C1C2CC2CN1c1ccn2ncc(C(=O)O)c2n1)C1CC1. The number of pyridine rings is 1. The molecule has 0 spiro atoms. The van der Waals surface area contributed by atoms with Crippen LogP contribution in [0.3, 0.4) is 0 Å². The van der Waals surface area contributed by atoms with Crippen molar-refractivity contribution in [2.75, 3.05) is 11.4 Å². The van der Waals surface area contributed by atoms with Gasteiger partial charge < -0.3 is 10.0 Å². The molecule has 1 aliphatic heterocycles. The van der Waals surface area contributed by atoms with Crippen LogP contribution in [-0.4, -0.2) is 52.2 Å². The standard InChI is InChI=1S/C27H33FN6O3S/c1-27(2,3)38(37)32-21(15-4-5-15)6-7-22-19(11-17(28)12-29-22)24-18-10-16(18)14-33(24)23-8-9-34-25(31-23)20(13-30-34)26(35)36/h8-9,11-13,15-16,18,21,24,32H,4-7,10,14H2,1-3H3,(H,35,36)/t16?,18?,21-,24?,38+/m0/s1. The average molecular weight is 541 g/mol. The molecule has 202 valence electrons. The van der Waals surface area contributed by atoms with Crippen molar-refractivity contribution in [3.05, 3.63) is 53.4 Å². The second-order valence-electron chi connectivity index (χ2n) is 11.8. The Morgan fingerprint density at radius 2 is 2.11 bits per heavy atom. The van der Waals surface area contributed by atoms with Gasteiger partial charge in [-0.2, -0.15) is 5.10 Å². The van der Waals surface area contributed by atoms with Gasteiger partial charge in [-0.05, 0) is 88.3 Å². The number of anilines is 1. The molecule has 0 amide bonds. The molecule has 0 bridgehead atoms. The van der Waals surface area contributed by atoms with Crippen molar-refractivity contribution in [3.63, 3.8) is 0 Å². The van der Waals surface area contributed by atoms with Crippen LogP contribution in [0, 0.1) is 23.6 Å². The summed E-state index contributed by atoms with van der Waals surface area (Å²) >= 11 is 0. The number of aromatic carboxylic acids is 1. The summed E-state index contributed by atoms with van der Waals surface area (Å²) in [6, 6.07) is 3.49. The molecule has 6 rings (SSSR count). The van der Waals surface area contributed by atoms with Crippen LogP contribution in [0.15, 0.2) is 30.7 Å². The van der Waals surface area contributed by atoms with E-state index in [1.165, 1.54) is 16.9 Å². The smallest absolute Gasteiger partial charge is 0.341 e. The quantitative estimate of drug-likeness (QED) is 0.423. The maximum absolute atomic E-state index is 14.6. The highest BCUT2D eigenvalue weighted by molar-refractivity contribution is 7.84. The number of halogens is 1. The zero-order valence-corrected chi connectivity index (χ0v) is 22.6. The van der Waals surface area contributed by atoms with Crippen molar-refractivity contribution >= 4 is 28.4 Å². The Labute approximate surface area is 223 Å². The van der Waals surface area contributed by atoms with Gasteiger partial charge in [-0.1, -0.05) is 0 Å². The molecule has 1 saturated heterocycles. The molecule has 3 aromatic rings. The Bertz CT molecular complexity index is 1420. The van der Waals surface area contributed by atoms with Crippen LogP contribution in [0.4, 0.5) is 10.2 Å². The molecule has 0 radical (unpaired) electrons. The first-order valence-electron chi connectivity index (χ1n) is 13.3. The van der Waals surface area contributed by atoms with Gasteiger partial charge in [0.15, 0.2) is 5.65 Å². The van der Waals surface area contributed by atoms with Gasteiger partial charge in [-0.15, -0.1) is 0 Å². The molecule has 0 aromatic carbocycles. The van der Waals surface area contributed by atoms with E-state index in [4.69, 9.17) is 0 Å². The minimum atomic E-state index is -1.16. The fraction of sp³-hybridized carbons (Fsp3) is 0.556. The van der Waals surface area contributed by atoms with Crippen molar-refractivity contribution in [1.29, 1.82) is 0 Å². The summed E-state index contributed by atoms with van der Waals surface area (Å²) in [5.74, 6) is 0.597.